The molecule has 0 amide bonds. The van der Waals surface area contributed by atoms with Crippen LogP contribution in [-0.4, -0.2) is 14.1 Å². The zero-order valence-corrected chi connectivity index (χ0v) is 13.0. The van der Waals surface area contributed by atoms with Crippen LogP contribution in [0.1, 0.15) is 20.9 Å². The number of rotatable bonds is 5. The van der Waals surface area contributed by atoms with Gasteiger partial charge in [-0.25, -0.2) is 0 Å². The van der Waals surface area contributed by atoms with Crippen LogP contribution >= 0.6 is 11.3 Å². The van der Waals surface area contributed by atoms with Crippen molar-refractivity contribution in [3.8, 4) is 0 Å². The summed E-state index contributed by atoms with van der Waals surface area (Å²) in [7, 11) is 4.15. The van der Waals surface area contributed by atoms with Crippen LogP contribution in [0.5, 0.6) is 0 Å². The van der Waals surface area contributed by atoms with E-state index in [1.54, 1.807) is 0 Å². The molecule has 0 saturated carbocycles. The first-order chi connectivity index (χ1) is 9.10. The largest absolute Gasteiger partial charge is 0.369 e. The first kappa shape index (κ1) is 14.1. The summed E-state index contributed by atoms with van der Waals surface area (Å²) < 4.78 is 0. The van der Waals surface area contributed by atoms with Crippen LogP contribution in [0.4, 0.5) is 5.69 Å². The molecule has 0 radical (unpaired) electrons. The Kier molecular flexibility index (Phi) is 4.61. The number of hydrogen-bond acceptors (Lipinski definition) is 3. The molecule has 2 rings (SSSR count). The minimum absolute atomic E-state index is 0.956. The highest BCUT2D eigenvalue weighted by Crippen LogP contribution is 2.24. The van der Waals surface area contributed by atoms with Crippen LogP contribution in [0.2, 0.25) is 0 Å². The lowest BCUT2D eigenvalue weighted by atomic mass is 10.1. The molecule has 0 fully saturated rings. The van der Waals surface area contributed by atoms with Gasteiger partial charge in [0.05, 0.1) is 6.54 Å². The third-order valence-electron chi connectivity index (χ3n) is 3.22. The summed E-state index contributed by atoms with van der Waals surface area (Å²) in [4.78, 5) is 5.13. The molecule has 0 aliphatic heterocycles. The van der Waals surface area contributed by atoms with E-state index in [0.717, 1.165) is 13.1 Å². The van der Waals surface area contributed by atoms with Crippen molar-refractivity contribution in [1.82, 2.24) is 5.32 Å². The Morgan fingerprint density at radius 2 is 1.84 bits per heavy atom. The van der Waals surface area contributed by atoms with E-state index in [-0.39, 0.29) is 0 Å². The van der Waals surface area contributed by atoms with Gasteiger partial charge in [0.1, 0.15) is 0 Å². The summed E-state index contributed by atoms with van der Waals surface area (Å²) in [5.74, 6) is 0. The lowest BCUT2D eigenvalue weighted by Gasteiger charge is -2.21. The van der Waals surface area contributed by atoms with Crippen molar-refractivity contribution in [3.05, 3.63) is 51.2 Å². The van der Waals surface area contributed by atoms with Gasteiger partial charge in [0.2, 0.25) is 0 Å². The molecule has 3 heteroatoms. The fourth-order valence-electron chi connectivity index (χ4n) is 2.33. The molecular formula is C16H22N2S. The summed E-state index contributed by atoms with van der Waals surface area (Å²) in [6, 6.07) is 11.1. The molecule has 0 aliphatic carbocycles. The number of hydrogen-bond donors (Lipinski definition) is 1. The molecule has 1 heterocycles. The first-order valence-electron chi connectivity index (χ1n) is 6.60. The van der Waals surface area contributed by atoms with Crippen LogP contribution in [0.25, 0.3) is 0 Å². The van der Waals surface area contributed by atoms with Gasteiger partial charge in [-0.1, -0.05) is 17.7 Å². The number of benzene rings is 1. The maximum Gasteiger partial charge on any atom is 0.0519 e. The Bertz CT molecular complexity index is 545. The summed E-state index contributed by atoms with van der Waals surface area (Å²) >= 11 is 1.89. The Morgan fingerprint density at radius 3 is 2.53 bits per heavy atom. The topological polar surface area (TPSA) is 15.3 Å². The van der Waals surface area contributed by atoms with E-state index in [1.165, 1.54) is 26.6 Å². The van der Waals surface area contributed by atoms with Gasteiger partial charge in [0.25, 0.3) is 0 Å². The van der Waals surface area contributed by atoms with Crippen molar-refractivity contribution in [2.24, 2.45) is 0 Å². The number of aryl methyl sites for hydroxylation is 2. The first-order valence-corrected chi connectivity index (χ1v) is 7.42. The average Bonchev–Trinajstić information content (AvgIpc) is 2.76. The molecule has 2 nitrogen and oxygen atoms in total. The predicted molar refractivity (Wildman–Crippen MR) is 85.1 cm³/mol. The van der Waals surface area contributed by atoms with Crippen molar-refractivity contribution in [2.45, 2.75) is 26.9 Å². The van der Waals surface area contributed by atoms with Gasteiger partial charge in [-0.05, 0) is 44.7 Å². The fraction of sp³-hybridized carbons (Fsp3) is 0.375. The molecule has 0 unspecified atom stereocenters. The number of anilines is 1. The van der Waals surface area contributed by atoms with Gasteiger partial charge in [0.15, 0.2) is 0 Å². The van der Waals surface area contributed by atoms with E-state index < -0.39 is 0 Å². The van der Waals surface area contributed by atoms with E-state index >= 15 is 0 Å². The smallest absolute Gasteiger partial charge is 0.0519 e. The van der Waals surface area contributed by atoms with Crippen molar-refractivity contribution in [1.29, 1.82) is 0 Å². The summed E-state index contributed by atoms with van der Waals surface area (Å²) in [6.07, 6.45) is 0. The molecule has 1 aromatic carbocycles. The number of thiophene rings is 1. The SMILES string of the molecule is CNCc1ccc(CN(C)c2ccc(C)cc2C)s1. The monoisotopic (exact) mass is 274 g/mol. The highest BCUT2D eigenvalue weighted by molar-refractivity contribution is 7.12. The Hall–Kier alpha value is -1.32. The molecule has 0 saturated heterocycles. The number of nitrogens with one attached hydrogen (secondary N) is 1. The third kappa shape index (κ3) is 3.58. The van der Waals surface area contributed by atoms with Gasteiger partial charge in [-0.15, -0.1) is 11.3 Å². The van der Waals surface area contributed by atoms with Crippen LogP contribution in [-0.2, 0) is 13.1 Å². The van der Waals surface area contributed by atoms with E-state index in [2.05, 4.69) is 61.4 Å². The second kappa shape index (κ2) is 6.22. The normalized spacial score (nSPS) is 10.7. The third-order valence-corrected chi connectivity index (χ3v) is 4.29. The van der Waals surface area contributed by atoms with Crippen molar-refractivity contribution < 1.29 is 0 Å². The van der Waals surface area contributed by atoms with E-state index in [4.69, 9.17) is 0 Å². The van der Waals surface area contributed by atoms with Gasteiger partial charge < -0.3 is 10.2 Å². The summed E-state index contributed by atoms with van der Waals surface area (Å²) in [5, 5.41) is 3.19. The fourth-order valence-corrected chi connectivity index (χ4v) is 3.41. The summed E-state index contributed by atoms with van der Waals surface area (Å²) in [6.45, 7) is 6.25. The van der Waals surface area contributed by atoms with Gasteiger partial charge in [-0.2, -0.15) is 0 Å². The lowest BCUT2D eigenvalue weighted by molar-refractivity contribution is 0.831. The minimum atomic E-state index is 0.956. The van der Waals surface area contributed by atoms with Crippen LogP contribution in [0.3, 0.4) is 0 Å². The molecule has 1 aromatic heterocycles. The number of nitrogens with zero attached hydrogens (tertiary/aromatic N) is 1. The van der Waals surface area contributed by atoms with Crippen molar-refractivity contribution in [3.63, 3.8) is 0 Å². The van der Waals surface area contributed by atoms with E-state index in [1.807, 2.05) is 18.4 Å². The van der Waals surface area contributed by atoms with Crippen molar-refractivity contribution >= 4 is 17.0 Å². The molecule has 102 valence electrons. The second-order valence-electron chi connectivity index (χ2n) is 5.04. The molecule has 0 spiro atoms. The zero-order valence-electron chi connectivity index (χ0n) is 12.2. The Labute approximate surface area is 120 Å². The standard InChI is InChI=1S/C16H22N2S/c1-12-5-8-16(13(2)9-12)18(4)11-15-7-6-14(19-15)10-17-3/h5-9,17H,10-11H2,1-4H3. The Balaban J connectivity index is 2.09. The average molecular weight is 274 g/mol. The zero-order chi connectivity index (χ0) is 13.8. The maximum absolute atomic E-state index is 3.19. The Morgan fingerprint density at radius 1 is 1.11 bits per heavy atom. The van der Waals surface area contributed by atoms with Gasteiger partial charge in [0, 0.05) is 29.0 Å². The predicted octanol–water partition coefficient (Wildman–Crippen LogP) is 3.72. The molecule has 2 aromatic rings. The van der Waals surface area contributed by atoms with E-state index in [0.29, 0.717) is 0 Å². The molecule has 1 N–H and O–H groups in total. The van der Waals surface area contributed by atoms with E-state index in [9.17, 15) is 0 Å². The highest BCUT2D eigenvalue weighted by Gasteiger charge is 2.07. The molecule has 0 atom stereocenters. The van der Waals surface area contributed by atoms with Crippen LogP contribution in [0.15, 0.2) is 30.3 Å². The van der Waals surface area contributed by atoms with Gasteiger partial charge >= 0.3 is 0 Å². The summed E-state index contributed by atoms with van der Waals surface area (Å²) in [5.41, 5.74) is 3.98. The highest BCUT2D eigenvalue weighted by atomic mass is 32.1. The molecular weight excluding hydrogens is 252 g/mol. The minimum Gasteiger partial charge on any atom is -0.369 e. The molecule has 0 bridgehead atoms. The quantitative estimate of drug-likeness (QED) is 0.894. The lowest BCUT2D eigenvalue weighted by Crippen LogP contribution is -2.16. The van der Waals surface area contributed by atoms with Gasteiger partial charge in [-0.3, -0.25) is 0 Å². The maximum atomic E-state index is 3.19. The molecule has 0 aliphatic rings. The second-order valence-corrected chi connectivity index (χ2v) is 6.30. The van der Waals surface area contributed by atoms with Crippen molar-refractivity contribution in [2.75, 3.05) is 19.0 Å². The molecule has 19 heavy (non-hydrogen) atoms. The van der Waals surface area contributed by atoms with Crippen LogP contribution < -0.4 is 10.2 Å². The van der Waals surface area contributed by atoms with Crippen LogP contribution in [0, 0.1) is 13.8 Å².